The van der Waals surface area contributed by atoms with E-state index in [4.69, 9.17) is 0 Å². The molecule has 122 valence electrons. The van der Waals surface area contributed by atoms with Crippen LogP contribution in [-0.2, 0) is 19.8 Å². The molecule has 2 rings (SSSR count). The summed E-state index contributed by atoms with van der Waals surface area (Å²) in [6.45, 7) is 4.15. The molecule has 0 saturated carbocycles. The van der Waals surface area contributed by atoms with Crippen molar-refractivity contribution >= 4 is 5.91 Å². The van der Waals surface area contributed by atoms with Crippen LogP contribution in [-0.4, -0.2) is 21.9 Å². The van der Waals surface area contributed by atoms with Crippen molar-refractivity contribution in [1.29, 1.82) is 0 Å². The maximum Gasteiger partial charge on any atom is 0.416 e. The number of aromatic nitrogens is 1. The van der Waals surface area contributed by atoms with Gasteiger partial charge in [-0.15, -0.1) is 6.58 Å². The van der Waals surface area contributed by atoms with Gasteiger partial charge in [0, 0.05) is 31.0 Å². The number of halogens is 3. The van der Waals surface area contributed by atoms with Gasteiger partial charge < -0.3 is 9.47 Å². The van der Waals surface area contributed by atoms with E-state index in [9.17, 15) is 18.0 Å². The van der Waals surface area contributed by atoms with Gasteiger partial charge in [0.25, 0.3) is 5.91 Å². The topological polar surface area (TPSA) is 25.2 Å². The smallest absolute Gasteiger partial charge is 0.353 e. The summed E-state index contributed by atoms with van der Waals surface area (Å²) in [5.74, 6) is -0.461. The zero-order valence-corrected chi connectivity index (χ0v) is 12.7. The predicted octanol–water partition coefficient (Wildman–Crippen LogP) is 3.87. The Morgan fingerprint density at radius 1 is 1.30 bits per heavy atom. The molecule has 1 heterocycles. The van der Waals surface area contributed by atoms with Crippen LogP contribution in [0.15, 0.2) is 55.3 Å². The molecule has 0 radical (unpaired) electrons. The summed E-state index contributed by atoms with van der Waals surface area (Å²) in [6.07, 6.45) is -1.08. The Hall–Kier alpha value is -2.50. The summed E-state index contributed by atoms with van der Waals surface area (Å²) in [7, 11) is 1.84. The number of benzene rings is 1. The minimum absolute atomic E-state index is 0.0101. The number of amides is 1. The Bertz CT molecular complexity index is 704. The van der Waals surface area contributed by atoms with Gasteiger partial charge in [0.05, 0.1) is 12.1 Å². The fourth-order valence-corrected chi connectivity index (χ4v) is 2.24. The molecular weight excluding hydrogens is 305 g/mol. The summed E-state index contributed by atoms with van der Waals surface area (Å²) in [5.41, 5.74) is 0.0591. The van der Waals surface area contributed by atoms with Crippen molar-refractivity contribution < 1.29 is 18.0 Å². The molecule has 0 aliphatic carbocycles. The summed E-state index contributed by atoms with van der Waals surface area (Å²) < 4.78 is 40.2. The lowest BCUT2D eigenvalue weighted by Gasteiger charge is -2.22. The van der Waals surface area contributed by atoms with E-state index >= 15 is 0 Å². The van der Waals surface area contributed by atoms with Crippen molar-refractivity contribution in [3.05, 3.63) is 72.1 Å². The van der Waals surface area contributed by atoms with Crippen LogP contribution in [0, 0.1) is 0 Å². The third-order valence-electron chi connectivity index (χ3n) is 3.48. The number of carbonyl (C=O) groups is 1. The molecule has 1 aromatic carbocycles. The number of hydrogen-bond donors (Lipinski definition) is 0. The predicted molar refractivity (Wildman–Crippen MR) is 81.8 cm³/mol. The van der Waals surface area contributed by atoms with Crippen LogP contribution >= 0.6 is 0 Å². The van der Waals surface area contributed by atoms with E-state index in [1.165, 1.54) is 17.0 Å². The van der Waals surface area contributed by atoms with Gasteiger partial charge in [0.1, 0.15) is 0 Å². The van der Waals surface area contributed by atoms with Gasteiger partial charge in [-0.3, -0.25) is 4.79 Å². The van der Waals surface area contributed by atoms with E-state index in [1.54, 1.807) is 6.08 Å². The van der Waals surface area contributed by atoms with Crippen LogP contribution < -0.4 is 0 Å². The van der Waals surface area contributed by atoms with Gasteiger partial charge in [0.15, 0.2) is 0 Å². The molecule has 0 unspecified atom stereocenters. The molecule has 0 saturated heterocycles. The Balaban J connectivity index is 2.27. The molecule has 0 aliphatic rings. The van der Waals surface area contributed by atoms with Crippen molar-refractivity contribution in [3.8, 4) is 0 Å². The number of rotatable bonds is 5. The molecular formula is C17H17F3N2O. The Labute approximate surface area is 132 Å². The van der Waals surface area contributed by atoms with E-state index in [1.807, 2.05) is 29.9 Å². The SMILES string of the molecule is C=CCN(Cc1cccn1C)C(=O)c1cccc(C(F)(F)F)c1. The molecule has 0 atom stereocenters. The average molecular weight is 322 g/mol. The number of nitrogens with zero attached hydrogens (tertiary/aromatic N) is 2. The van der Waals surface area contributed by atoms with Crippen molar-refractivity contribution in [3.63, 3.8) is 0 Å². The lowest BCUT2D eigenvalue weighted by Crippen LogP contribution is -2.31. The first-order valence-corrected chi connectivity index (χ1v) is 7.00. The van der Waals surface area contributed by atoms with Crippen molar-refractivity contribution in [1.82, 2.24) is 9.47 Å². The first kappa shape index (κ1) is 16.9. The Morgan fingerprint density at radius 3 is 2.61 bits per heavy atom. The third kappa shape index (κ3) is 4.03. The van der Waals surface area contributed by atoms with Crippen molar-refractivity contribution in [2.45, 2.75) is 12.7 Å². The fourth-order valence-electron chi connectivity index (χ4n) is 2.24. The molecule has 0 aliphatic heterocycles. The van der Waals surface area contributed by atoms with Gasteiger partial charge in [-0.05, 0) is 30.3 Å². The van der Waals surface area contributed by atoms with Gasteiger partial charge in [-0.2, -0.15) is 13.2 Å². The molecule has 23 heavy (non-hydrogen) atoms. The molecule has 2 aromatic rings. The van der Waals surface area contributed by atoms with E-state index in [2.05, 4.69) is 6.58 Å². The minimum Gasteiger partial charge on any atom is -0.353 e. The second-order valence-corrected chi connectivity index (χ2v) is 5.16. The van der Waals surface area contributed by atoms with Crippen molar-refractivity contribution in [2.75, 3.05) is 6.54 Å². The standard InChI is InChI=1S/C17H17F3N2O/c1-3-9-22(12-15-8-5-10-21(15)2)16(23)13-6-4-7-14(11-13)17(18,19)20/h3-8,10-11H,1,9,12H2,2H3. The highest BCUT2D eigenvalue weighted by Crippen LogP contribution is 2.29. The highest BCUT2D eigenvalue weighted by atomic mass is 19.4. The van der Waals surface area contributed by atoms with Gasteiger partial charge >= 0.3 is 6.18 Å². The molecule has 0 N–H and O–H groups in total. The quantitative estimate of drug-likeness (QED) is 0.767. The normalized spacial score (nSPS) is 11.3. The number of carbonyl (C=O) groups excluding carboxylic acids is 1. The van der Waals surface area contributed by atoms with Crippen LogP contribution in [0.5, 0.6) is 0 Å². The number of hydrogen-bond acceptors (Lipinski definition) is 1. The van der Waals surface area contributed by atoms with E-state index in [-0.39, 0.29) is 12.1 Å². The lowest BCUT2D eigenvalue weighted by molar-refractivity contribution is -0.137. The molecule has 0 fully saturated rings. The number of alkyl halides is 3. The van der Waals surface area contributed by atoms with Crippen LogP contribution in [0.2, 0.25) is 0 Å². The van der Waals surface area contributed by atoms with E-state index < -0.39 is 17.6 Å². The molecule has 3 nitrogen and oxygen atoms in total. The molecule has 6 heteroatoms. The fraction of sp³-hybridized carbons (Fsp3) is 0.235. The van der Waals surface area contributed by atoms with Crippen LogP contribution in [0.3, 0.4) is 0 Å². The molecule has 1 amide bonds. The second kappa shape index (κ2) is 6.73. The first-order chi connectivity index (χ1) is 10.8. The molecule has 1 aromatic heterocycles. The highest BCUT2D eigenvalue weighted by molar-refractivity contribution is 5.94. The van der Waals surface area contributed by atoms with Crippen molar-refractivity contribution in [2.24, 2.45) is 7.05 Å². The maximum atomic E-state index is 12.8. The minimum atomic E-state index is -4.47. The maximum absolute atomic E-state index is 12.8. The third-order valence-corrected chi connectivity index (χ3v) is 3.48. The molecule has 0 bridgehead atoms. The second-order valence-electron chi connectivity index (χ2n) is 5.16. The summed E-state index contributed by atoms with van der Waals surface area (Å²) >= 11 is 0. The Morgan fingerprint density at radius 2 is 2.04 bits per heavy atom. The first-order valence-electron chi connectivity index (χ1n) is 7.00. The van der Waals surface area contributed by atoms with Gasteiger partial charge in [-0.1, -0.05) is 12.1 Å². The van der Waals surface area contributed by atoms with Crippen LogP contribution in [0.1, 0.15) is 21.6 Å². The zero-order chi connectivity index (χ0) is 17.0. The van der Waals surface area contributed by atoms with Gasteiger partial charge in [0.2, 0.25) is 0 Å². The van der Waals surface area contributed by atoms with Crippen LogP contribution in [0.4, 0.5) is 13.2 Å². The largest absolute Gasteiger partial charge is 0.416 e. The Kier molecular flexibility index (Phi) is 4.93. The van der Waals surface area contributed by atoms with E-state index in [0.29, 0.717) is 6.54 Å². The monoisotopic (exact) mass is 322 g/mol. The lowest BCUT2D eigenvalue weighted by atomic mass is 10.1. The summed E-state index contributed by atoms with van der Waals surface area (Å²) in [4.78, 5) is 14.0. The molecule has 0 spiro atoms. The average Bonchev–Trinajstić information content (AvgIpc) is 2.90. The summed E-state index contributed by atoms with van der Waals surface area (Å²) in [6, 6.07) is 8.16. The zero-order valence-electron chi connectivity index (χ0n) is 12.7. The number of aryl methyl sites for hydroxylation is 1. The van der Waals surface area contributed by atoms with E-state index in [0.717, 1.165) is 17.8 Å². The highest BCUT2D eigenvalue weighted by Gasteiger charge is 2.31. The van der Waals surface area contributed by atoms with Crippen LogP contribution in [0.25, 0.3) is 0 Å². The van der Waals surface area contributed by atoms with Gasteiger partial charge in [-0.25, -0.2) is 0 Å². The summed E-state index contributed by atoms with van der Waals surface area (Å²) in [5, 5.41) is 0.